The molecular weight excluding hydrogens is 488 g/mol. The zero-order chi connectivity index (χ0) is 22.7. The number of carbonyl (C=O) groups is 1. The molecule has 32 heavy (non-hydrogen) atoms. The molecule has 0 spiro atoms. The SMILES string of the molecule is COc1ccc2nccc(OC[C@H]3CC[C@H](NC(=O)c4cc(F)c(Br)c(F)c4)CO3)c2n1. The minimum Gasteiger partial charge on any atom is -0.488 e. The Kier molecular flexibility index (Phi) is 6.80. The Balaban J connectivity index is 1.31. The highest BCUT2D eigenvalue weighted by molar-refractivity contribution is 9.10. The number of amides is 1. The van der Waals surface area contributed by atoms with Crippen LogP contribution >= 0.6 is 15.9 Å². The van der Waals surface area contributed by atoms with Crippen LogP contribution in [0.5, 0.6) is 11.6 Å². The minimum absolute atomic E-state index is 0.0823. The summed E-state index contributed by atoms with van der Waals surface area (Å²) in [7, 11) is 1.54. The molecule has 2 atom stereocenters. The van der Waals surface area contributed by atoms with Crippen LogP contribution in [0.4, 0.5) is 8.78 Å². The first-order chi connectivity index (χ1) is 15.4. The number of hydrogen-bond donors (Lipinski definition) is 1. The van der Waals surface area contributed by atoms with Crippen molar-refractivity contribution in [2.24, 2.45) is 0 Å². The number of pyridine rings is 2. The van der Waals surface area contributed by atoms with Gasteiger partial charge in [-0.1, -0.05) is 0 Å². The summed E-state index contributed by atoms with van der Waals surface area (Å²) in [6.07, 6.45) is 2.77. The molecule has 3 aromatic rings. The van der Waals surface area contributed by atoms with Crippen LogP contribution in [0, 0.1) is 11.6 Å². The Morgan fingerprint density at radius 3 is 2.72 bits per heavy atom. The van der Waals surface area contributed by atoms with Gasteiger partial charge in [0.05, 0.1) is 35.9 Å². The van der Waals surface area contributed by atoms with Crippen LogP contribution in [-0.2, 0) is 4.74 Å². The van der Waals surface area contributed by atoms with Crippen molar-refractivity contribution in [2.75, 3.05) is 20.3 Å². The van der Waals surface area contributed by atoms with E-state index in [-0.39, 0.29) is 28.8 Å². The Bertz CT molecular complexity index is 1120. The normalized spacial score (nSPS) is 18.4. The largest absolute Gasteiger partial charge is 0.488 e. The molecule has 2 aromatic heterocycles. The number of hydrogen-bond acceptors (Lipinski definition) is 6. The van der Waals surface area contributed by atoms with Crippen molar-refractivity contribution in [1.82, 2.24) is 15.3 Å². The minimum atomic E-state index is -0.831. The van der Waals surface area contributed by atoms with Crippen LogP contribution in [0.1, 0.15) is 23.2 Å². The summed E-state index contributed by atoms with van der Waals surface area (Å²) < 4.78 is 44.0. The first-order valence-electron chi connectivity index (χ1n) is 9.94. The Morgan fingerprint density at radius 2 is 2.03 bits per heavy atom. The average Bonchev–Trinajstić information content (AvgIpc) is 2.81. The van der Waals surface area contributed by atoms with Crippen LogP contribution < -0.4 is 14.8 Å². The molecule has 0 aliphatic carbocycles. The van der Waals surface area contributed by atoms with Gasteiger partial charge in [0, 0.05) is 23.9 Å². The molecule has 1 aliphatic rings. The third kappa shape index (κ3) is 4.97. The molecule has 1 N–H and O–H groups in total. The predicted molar refractivity (Wildman–Crippen MR) is 116 cm³/mol. The standard InChI is InChI=1S/C22H20BrF2N3O4/c1-30-19-5-4-17-21(28-19)18(6-7-26-17)32-11-14-3-2-13(10-31-14)27-22(29)12-8-15(24)20(23)16(25)9-12/h4-9,13-14H,2-3,10-11H2,1H3,(H,27,29)/t13-,14+/m0/s1. The van der Waals surface area contributed by atoms with E-state index in [1.807, 2.05) is 6.07 Å². The fraction of sp³-hybridized carbons (Fsp3) is 0.318. The number of rotatable bonds is 6. The van der Waals surface area contributed by atoms with Crippen molar-refractivity contribution < 1.29 is 27.8 Å². The Morgan fingerprint density at radius 1 is 1.25 bits per heavy atom. The van der Waals surface area contributed by atoms with Crippen molar-refractivity contribution in [1.29, 1.82) is 0 Å². The molecule has 3 heterocycles. The van der Waals surface area contributed by atoms with E-state index in [9.17, 15) is 13.6 Å². The van der Waals surface area contributed by atoms with E-state index >= 15 is 0 Å². The second kappa shape index (κ2) is 9.74. The molecule has 10 heteroatoms. The van der Waals surface area contributed by atoms with Crippen molar-refractivity contribution in [3.8, 4) is 11.6 Å². The lowest BCUT2D eigenvalue weighted by Gasteiger charge is -2.29. The summed E-state index contributed by atoms with van der Waals surface area (Å²) in [6, 6.07) is 6.99. The lowest BCUT2D eigenvalue weighted by molar-refractivity contribution is -0.0248. The van der Waals surface area contributed by atoms with Crippen molar-refractivity contribution in [2.45, 2.75) is 25.0 Å². The van der Waals surface area contributed by atoms with E-state index in [0.717, 1.165) is 12.1 Å². The average molecular weight is 508 g/mol. The number of nitrogens with one attached hydrogen (secondary N) is 1. The summed E-state index contributed by atoms with van der Waals surface area (Å²) in [5, 5.41) is 2.75. The van der Waals surface area contributed by atoms with Gasteiger partial charge in [-0.3, -0.25) is 9.78 Å². The van der Waals surface area contributed by atoms with E-state index in [0.29, 0.717) is 42.1 Å². The van der Waals surface area contributed by atoms with Crippen LogP contribution in [0.3, 0.4) is 0 Å². The first kappa shape index (κ1) is 22.3. The second-order valence-electron chi connectivity index (χ2n) is 7.30. The monoisotopic (exact) mass is 507 g/mol. The molecule has 0 radical (unpaired) electrons. The molecule has 1 amide bonds. The topological polar surface area (TPSA) is 82.6 Å². The number of methoxy groups -OCH3 is 1. The van der Waals surface area contributed by atoms with Gasteiger partial charge in [0.1, 0.15) is 29.5 Å². The van der Waals surface area contributed by atoms with Gasteiger partial charge in [-0.2, -0.15) is 0 Å². The first-order valence-corrected chi connectivity index (χ1v) is 10.7. The molecular formula is C22H20BrF2N3O4. The molecule has 1 saturated heterocycles. The summed E-state index contributed by atoms with van der Waals surface area (Å²) in [6.45, 7) is 0.576. The van der Waals surface area contributed by atoms with Crippen molar-refractivity contribution >= 4 is 32.9 Å². The maximum Gasteiger partial charge on any atom is 0.251 e. The van der Waals surface area contributed by atoms with Crippen LogP contribution in [0.2, 0.25) is 0 Å². The Labute approximate surface area is 191 Å². The lowest BCUT2D eigenvalue weighted by Crippen LogP contribution is -2.44. The van der Waals surface area contributed by atoms with Gasteiger partial charge in [-0.25, -0.2) is 13.8 Å². The molecule has 0 bridgehead atoms. The van der Waals surface area contributed by atoms with E-state index in [1.54, 1.807) is 25.4 Å². The highest BCUT2D eigenvalue weighted by atomic mass is 79.9. The summed E-state index contributed by atoms with van der Waals surface area (Å²) in [5.41, 5.74) is 1.21. The van der Waals surface area contributed by atoms with E-state index in [1.165, 1.54) is 0 Å². The zero-order valence-corrected chi connectivity index (χ0v) is 18.7. The van der Waals surface area contributed by atoms with Gasteiger partial charge in [0.15, 0.2) is 0 Å². The zero-order valence-electron chi connectivity index (χ0n) is 17.1. The van der Waals surface area contributed by atoms with Crippen LogP contribution in [0.25, 0.3) is 11.0 Å². The van der Waals surface area contributed by atoms with E-state index in [2.05, 4.69) is 31.2 Å². The molecule has 168 valence electrons. The third-order valence-electron chi connectivity index (χ3n) is 5.11. The van der Waals surface area contributed by atoms with Gasteiger partial charge >= 0.3 is 0 Å². The summed E-state index contributed by atoms with van der Waals surface area (Å²) in [4.78, 5) is 21.0. The van der Waals surface area contributed by atoms with Crippen molar-refractivity contribution in [3.63, 3.8) is 0 Å². The maximum atomic E-state index is 13.7. The maximum absolute atomic E-state index is 13.7. The molecule has 0 saturated carbocycles. The lowest BCUT2D eigenvalue weighted by atomic mass is 10.0. The third-order valence-corrected chi connectivity index (χ3v) is 5.86. The summed E-state index contributed by atoms with van der Waals surface area (Å²) in [5.74, 6) is -1.17. The Hall–Kier alpha value is -2.85. The fourth-order valence-electron chi connectivity index (χ4n) is 3.40. The van der Waals surface area contributed by atoms with Crippen LogP contribution in [0.15, 0.2) is 41.0 Å². The quantitative estimate of drug-likeness (QED) is 0.507. The number of benzene rings is 1. The predicted octanol–water partition coefficient (Wildman–Crippen LogP) is 4.04. The van der Waals surface area contributed by atoms with Gasteiger partial charge in [-0.15, -0.1) is 0 Å². The van der Waals surface area contributed by atoms with Gasteiger partial charge < -0.3 is 19.5 Å². The van der Waals surface area contributed by atoms with Crippen LogP contribution in [-0.4, -0.2) is 48.3 Å². The molecule has 0 unspecified atom stereocenters. The molecule has 1 aromatic carbocycles. The highest BCUT2D eigenvalue weighted by Crippen LogP contribution is 2.26. The number of nitrogens with zero attached hydrogens (tertiary/aromatic N) is 2. The summed E-state index contributed by atoms with van der Waals surface area (Å²) >= 11 is 2.79. The molecule has 4 rings (SSSR count). The molecule has 7 nitrogen and oxygen atoms in total. The number of ether oxygens (including phenoxy) is 3. The fourth-order valence-corrected chi connectivity index (χ4v) is 3.63. The van der Waals surface area contributed by atoms with Gasteiger partial charge in [-0.05, 0) is 47.0 Å². The number of halogens is 3. The van der Waals surface area contributed by atoms with E-state index in [4.69, 9.17) is 14.2 Å². The molecule has 1 aliphatic heterocycles. The van der Waals surface area contributed by atoms with E-state index < -0.39 is 17.5 Å². The smallest absolute Gasteiger partial charge is 0.251 e. The number of aromatic nitrogens is 2. The number of carbonyl (C=O) groups excluding carboxylic acids is 1. The van der Waals surface area contributed by atoms with Crippen molar-refractivity contribution in [3.05, 3.63) is 58.2 Å². The van der Waals surface area contributed by atoms with Gasteiger partial charge in [0.25, 0.3) is 5.91 Å². The number of fused-ring (bicyclic) bond motifs is 1. The van der Waals surface area contributed by atoms with Gasteiger partial charge in [0.2, 0.25) is 5.88 Å². The highest BCUT2D eigenvalue weighted by Gasteiger charge is 2.25. The second-order valence-corrected chi connectivity index (χ2v) is 8.09. The molecule has 1 fully saturated rings.